The van der Waals surface area contributed by atoms with E-state index in [1.807, 2.05) is 19.1 Å². The number of rotatable bonds is 9. The lowest BCUT2D eigenvalue weighted by Gasteiger charge is -2.19. The second-order valence-electron chi connectivity index (χ2n) is 7.16. The summed E-state index contributed by atoms with van der Waals surface area (Å²) in [4.78, 5) is 8.49. The second kappa shape index (κ2) is 13.4. The van der Waals surface area contributed by atoms with Crippen LogP contribution in [0.4, 0.5) is 0 Å². The first-order chi connectivity index (χ1) is 13.5. The normalized spacial score (nSPS) is 13.4. The molecule has 6 nitrogen and oxygen atoms in total. The van der Waals surface area contributed by atoms with Gasteiger partial charge in [-0.15, -0.1) is 24.0 Å². The van der Waals surface area contributed by atoms with Gasteiger partial charge in [0.25, 0.3) is 0 Å². The highest BCUT2D eigenvalue weighted by Gasteiger charge is 2.10. The van der Waals surface area contributed by atoms with Gasteiger partial charge in [-0.2, -0.15) is 0 Å². The average molecular weight is 512 g/mol. The molecule has 0 saturated carbocycles. The van der Waals surface area contributed by atoms with Crippen LogP contribution >= 0.6 is 24.0 Å². The first-order valence-corrected chi connectivity index (χ1v) is 9.85. The van der Waals surface area contributed by atoms with Crippen molar-refractivity contribution in [3.05, 3.63) is 59.9 Å². The fourth-order valence-electron chi connectivity index (χ4n) is 2.59. The summed E-state index contributed by atoms with van der Waals surface area (Å²) in [5.41, 5.74) is 1.94. The zero-order valence-electron chi connectivity index (χ0n) is 17.6. The first kappa shape index (κ1) is 25.2. The molecule has 29 heavy (non-hydrogen) atoms. The Balaban J connectivity index is 0.00000420. The van der Waals surface area contributed by atoms with Crippen molar-refractivity contribution in [3.8, 4) is 5.75 Å². The molecule has 2 atom stereocenters. The van der Waals surface area contributed by atoms with Crippen LogP contribution in [0, 0.1) is 5.92 Å². The van der Waals surface area contributed by atoms with Crippen molar-refractivity contribution < 1.29 is 9.84 Å². The van der Waals surface area contributed by atoms with Crippen molar-refractivity contribution in [2.45, 2.75) is 39.8 Å². The van der Waals surface area contributed by atoms with Crippen molar-refractivity contribution in [2.75, 3.05) is 19.7 Å². The van der Waals surface area contributed by atoms with Gasteiger partial charge in [0.2, 0.25) is 0 Å². The molecule has 7 heteroatoms. The van der Waals surface area contributed by atoms with Gasteiger partial charge < -0.3 is 20.5 Å². The van der Waals surface area contributed by atoms with Crippen molar-refractivity contribution >= 4 is 29.9 Å². The van der Waals surface area contributed by atoms with Crippen LogP contribution in [-0.4, -0.2) is 35.7 Å². The first-order valence-electron chi connectivity index (χ1n) is 9.85. The van der Waals surface area contributed by atoms with E-state index in [1.54, 1.807) is 24.5 Å². The van der Waals surface area contributed by atoms with E-state index in [9.17, 15) is 5.11 Å². The minimum atomic E-state index is -0.661. The summed E-state index contributed by atoms with van der Waals surface area (Å²) in [6.07, 6.45) is 2.68. The number of ether oxygens (including phenoxy) is 1. The van der Waals surface area contributed by atoms with Gasteiger partial charge in [0.15, 0.2) is 5.96 Å². The Labute approximate surface area is 191 Å². The van der Waals surface area contributed by atoms with E-state index in [0.29, 0.717) is 18.5 Å². The van der Waals surface area contributed by atoms with Crippen LogP contribution < -0.4 is 15.4 Å². The molecule has 1 heterocycles. The Morgan fingerprint density at radius 3 is 2.31 bits per heavy atom. The van der Waals surface area contributed by atoms with Gasteiger partial charge >= 0.3 is 0 Å². The van der Waals surface area contributed by atoms with Gasteiger partial charge in [0.1, 0.15) is 5.75 Å². The number of nitrogens with zero attached hydrogens (tertiary/aromatic N) is 2. The smallest absolute Gasteiger partial charge is 0.191 e. The minimum absolute atomic E-state index is 0. The molecule has 2 rings (SSSR count). The maximum atomic E-state index is 10.3. The number of pyridine rings is 1. The lowest BCUT2D eigenvalue weighted by molar-refractivity contribution is 0.187. The minimum Gasteiger partial charge on any atom is -0.493 e. The van der Waals surface area contributed by atoms with Crippen LogP contribution in [0.2, 0.25) is 0 Å². The van der Waals surface area contributed by atoms with Crippen LogP contribution in [0.5, 0.6) is 5.75 Å². The van der Waals surface area contributed by atoms with Gasteiger partial charge in [-0.25, -0.2) is 0 Å². The third kappa shape index (κ3) is 8.99. The standard InChI is InChI=1S/C22H32N4O2.HI/c1-5-24-22(25-14-21(27)19-10-12-23-13-11-19)26-17(4)18-6-8-20(9-7-18)28-15-16(2)3;/h6-13,16-17,21,27H,5,14-15H2,1-4H3,(H2,24,25,26);1H. The maximum Gasteiger partial charge on any atom is 0.191 e. The van der Waals surface area contributed by atoms with Crippen LogP contribution in [0.15, 0.2) is 53.8 Å². The quantitative estimate of drug-likeness (QED) is 0.268. The second-order valence-corrected chi connectivity index (χ2v) is 7.16. The summed E-state index contributed by atoms with van der Waals surface area (Å²) in [5.74, 6) is 2.05. The molecule has 2 unspecified atom stereocenters. The number of aliphatic hydroxyl groups is 1. The highest BCUT2D eigenvalue weighted by Crippen LogP contribution is 2.18. The van der Waals surface area contributed by atoms with E-state index in [0.717, 1.165) is 23.4 Å². The van der Waals surface area contributed by atoms with Gasteiger partial charge in [-0.05, 0) is 55.2 Å². The van der Waals surface area contributed by atoms with Crippen molar-refractivity contribution in [1.82, 2.24) is 15.6 Å². The number of hydrogen-bond acceptors (Lipinski definition) is 4. The Kier molecular flexibility index (Phi) is 11.6. The molecular weight excluding hydrogens is 479 g/mol. The number of guanidine groups is 1. The monoisotopic (exact) mass is 512 g/mol. The molecule has 0 radical (unpaired) electrons. The third-order valence-corrected chi connectivity index (χ3v) is 4.17. The summed E-state index contributed by atoms with van der Waals surface area (Å²) < 4.78 is 5.74. The van der Waals surface area contributed by atoms with Gasteiger partial charge in [0, 0.05) is 18.9 Å². The summed E-state index contributed by atoms with van der Waals surface area (Å²) in [5, 5.41) is 16.9. The molecule has 0 fully saturated rings. The predicted molar refractivity (Wildman–Crippen MR) is 129 cm³/mol. The molecule has 0 bridgehead atoms. The highest BCUT2D eigenvalue weighted by molar-refractivity contribution is 14.0. The van der Waals surface area contributed by atoms with E-state index in [1.165, 1.54) is 0 Å². The molecule has 1 aromatic heterocycles. The van der Waals surface area contributed by atoms with Crippen LogP contribution in [0.3, 0.4) is 0 Å². The van der Waals surface area contributed by atoms with Gasteiger partial charge in [-0.1, -0.05) is 26.0 Å². The molecule has 0 saturated heterocycles. The van der Waals surface area contributed by atoms with Crippen molar-refractivity contribution in [1.29, 1.82) is 0 Å². The maximum absolute atomic E-state index is 10.3. The molecule has 1 aromatic carbocycles. The molecule has 3 N–H and O–H groups in total. The molecule has 0 aliphatic heterocycles. The Morgan fingerprint density at radius 2 is 1.72 bits per heavy atom. The number of halogens is 1. The summed E-state index contributed by atoms with van der Waals surface area (Å²) in [7, 11) is 0. The zero-order valence-corrected chi connectivity index (χ0v) is 20.0. The number of benzene rings is 1. The molecular formula is C22H33IN4O2. The number of hydrogen-bond donors (Lipinski definition) is 3. The third-order valence-electron chi connectivity index (χ3n) is 4.17. The number of nitrogens with one attached hydrogen (secondary N) is 2. The van der Waals surface area contributed by atoms with Crippen LogP contribution in [-0.2, 0) is 0 Å². The van der Waals surface area contributed by atoms with E-state index in [4.69, 9.17) is 4.74 Å². The lowest BCUT2D eigenvalue weighted by atomic mass is 10.1. The molecule has 0 amide bonds. The molecule has 0 aliphatic rings. The number of aliphatic imine (C=N–C) groups is 1. The van der Waals surface area contributed by atoms with E-state index in [-0.39, 0.29) is 36.6 Å². The zero-order chi connectivity index (χ0) is 20.4. The van der Waals surface area contributed by atoms with E-state index >= 15 is 0 Å². The van der Waals surface area contributed by atoms with Gasteiger partial charge in [0.05, 0.1) is 25.3 Å². The fourth-order valence-corrected chi connectivity index (χ4v) is 2.59. The average Bonchev–Trinajstić information content (AvgIpc) is 2.71. The highest BCUT2D eigenvalue weighted by atomic mass is 127. The Hall–Kier alpha value is -1.87. The lowest BCUT2D eigenvalue weighted by Crippen LogP contribution is -2.39. The van der Waals surface area contributed by atoms with Crippen molar-refractivity contribution in [3.63, 3.8) is 0 Å². The van der Waals surface area contributed by atoms with Crippen LogP contribution in [0.1, 0.15) is 51.0 Å². The summed E-state index contributed by atoms with van der Waals surface area (Å²) in [6, 6.07) is 11.8. The summed E-state index contributed by atoms with van der Waals surface area (Å²) >= 11 is 0. The topological polar surface area (TPSA) is 78.8 Å². The molecule has 0 aliphatic carbocycles. The SMILES string of the molecule is CCNC(=NCC(O)c1ccncc1)NC(C)c1ccc(OCC(C)C)cc1.I. The fraction of sp³-hybridized carbons (Fsp3) is 0.455. The Morgan fingerprint density at radius 1 is 1.07 bits per heavy atom. The Bertz CT molecular complexity index is 723. The largest absolute Gasteiger partial charge is 0.493 e. The number of aliphatic hydroxyl groups excluding tert-OH is 1. The van der Waals surface area contributed by atoms with E-state index in [2.05, 4.69) is 53.5 Å². The molecule has 2 aromatic rings. The van der Waals surface area contributed by atoms with Crippen LogP contribution in [0.25, 0.3) is 0 Å². The predicted octanol–water partition coefficient (Wildman–Crippen LogP) is 4.08. The summed E-state index contributed by atoms with van der Waals surface area (Å²) in [6.45, 7) is 10.1. The van der Waals surface area contributed by atoms with E-state index < -0.39 is 6.10 Å². The number of aromatic nitrogens is 1. The molecule has 160 valence electrons. The molecule has 0 spiro atoms. The van der Waals surface area contributed by atoms with Gasteiger partial charge in [-0.3, -0.25) is 9.98 Å². The van der Waals surface area contributed by atoms with Crippen molar-refractivity contribution in [2.24, 2.45) is 10.9 Å².